The van der Waals surface area contributed by atoms with Crippen molar-refractivity contribution in [2.24, 2.45) is 0 Å². The Morgan fingerprint density at radius 3 is 2.90 bits per heavy atom. The number of fused-ring (bicyclic) bond motifs is 1. The minimum Gasteiger partial charge on any atom is -0.487 e. The number of amides is 1. The van der Waals surface area contributed by atoms with Crippen molar-refractivity contribution in [1.29, 1.82) is 0 Å². The zero-order valence-electron chi connectivity index (χ0n) is 12.2. The molecule has 21 heavy (non-hydrogen) atoms. The van der Waals surface area contributed by atoms with Crippen molar-refractivity contribution >= 4 is 17.3 Å². The van der Waals surface area contributed by atoms with Gasteiger partial charge in [0.1, 0.15) is 17.5 Å². The first-order chi connectivity index (χ1) is 10.1. The second-order valence-corrected chi connectivity index (χ2v) is 5.50. The molecule has 0 aromatic heterocycles. The molecule has 1 fully saturated rings. The summed E-state index contributed by atoms with van der Waals surface area (Å²) in [5.41, 5.74) is 7.54. The molecular formula is C15H21N3O3. The summed E-state index contributed by atoms with van der Waals surface area (Å²) in [6, 6.07) is 5.60. The molecule has 2 N–H and O–H groups in total. The van der Waals surface area contributed by atoms with Crippen molar-refractivity contribution in [2.75, 3.05) is 50.0 Å². The normalized spacial score (nSPS) is 21.7. The molecule has 1 aromatic rings. The van der Waals surface area contributed by atoms with Gasteiger partial charge in [-0.2, -0.15) is 0 Å². The fourth-order valence-electron chi connectivity index (χ4n) is 2.85. The predicted octanol–water partition coefficient (Wildman–Crippen LogP) is 0.715. The van der Waals surface area contributed by atoms with E-state index in [1.54, 1.807) is 0 Å². The van der Waals surface area contributed by atoms with Crippen LogP contribution in [0.5, 0.6) is 5.75 Å². The quantitative estimate of drug-likeness (QED) is 0.813. The molecule has 0 spiro atoms. The van der Waals surface area contributed by atoms with Gasteiger partial charge in [0, 0.05) is 13.1 Å². The van der Waals surface area contributed by atoms with Gasteiger partial charge in [-0.3, -0.25) is 4.79 Å². The summed E-state index contributed by atoms with van der Waals surface area (Å²) in [6.45, 7) is 5.55. The zero-order chi connectivity index (χ0) is 14.8. The highest BCUT2D eigenvalue weighted by atomic mass is 16.5. The fourth-order valence-corrected chi connectivity index (χ4v) is 2.85. The second kappa shape index (κ2) is 5.81. The van der Waals surface area contributed by atoms with Crippen molar-refractivity contribution in [3.63, 3.8) is 0 Å². The number of anilines is 2. The Hall–Kier alpha value is -1.95. The first-order valence-corrected chi connectivity index (χ1v) is 7.31. The molecule has 0 aliphatic carbocycles. The van der Waals surface area contributed by atoms with Gasteiger partial charge in [-0.25, -0.2) is 0 Å². The molecule has 2 aliphatic rings. The Morgan fingerprint density at radius 1 is 1.38 bits per heavy atom. The number of para-hydroxylation sites is 1. The second-order valence-electron chi connectivity index (χ2n) is 5.50. The van der Waals surface area contributed by atoms with Crippen LogP contribution in [-0.4, -0.2) is 56.3 Å². The third-order valence-electron chi connectivity index (χ3n) is 3.84. The van der Waals surface area contributed by atoms with E-state index in [2.05, 4.69) is 0 Å². The fraction of sp³-hybridized carbons (Fsp3) is 0.533. The minimum atomic E-state index is 0.0387. The summed E-state index contributed by atoms with van der Waals surface area (Å²) in [4.78, 5) is 16.3. The SMILES string of the molecule is CC1CN(CC(=O)N2CCOCC2)c2c(N)cccc2O1. The average Bonchev–Trinajstić information content (AvgIpc) is 2.47. The number of nitrogen functional groups attached to an aromatic ring is 1. The standard InChI is InChI=1S/C15H21N3O3/c1-11-9-18(10-14(19)17-5-7-20-8-6-17)15-12(16)3-2-4-13(15)21-11/h2-4,11H,5-10,16H2,1H3. The monoisotopic (exact) mass is 291 g/mol. The van der Waals surface area contributed by atoms with Crippen molar-refractivity contribution in [2.45, 2.75) is 13.0 Å². The van der Waals surface area contributed by atoms with Gasteiger partial charge < -0.3 is 25.0 Å². The van der Waals surface area contributed by atoms with Gasteiger partial charge >= 0.3 is 0 Å². The van der Waals surface area contributed by atoms with E-state index in [1.165, 1.54) is 0 Å². The van der Waals surface area contributed by atoms with Crippen LogP contribution in [0, 0.1) is 0 Å². The highest BCUT2D eigenvalue weighted by molar-refractivity contribution is 5.85. The van der Waals surface area contributed by atoms with E-state index in [4.69, 9.17) is 15.2 Å². The highest BCUT2D eigenvalue weighted by Crippen LogP contribution is 2.38. The molecule has 114 valence electrons. The molecule has 1 saturated heterocycles. The molecule has 3 rings (SSSR count). The summed E-state index contributed by atoms with van der Waals surface area (Å²) in [5, 5.41) is 0. The molecule has 0 radical (unpaired) electrons. The number of hydrogen-bond acceptors (Lipinski definition) is 5. The third kappa shape index (κ3) is 2.90. The molecule has 1 amide bonds. The summed E-state index contributed by atoms with van der Waals surface area (Å²) >= 11 is 0. The van der Waals surface area contributed by atoms with E-state index < -0.39 is 0 Å². The Morgan fingerprint density at radius 2 is 2.14 bits per heavy atom. The van der Waals surface area contributed by atoms with Gasteiger partial charge in [0.15, 0.2) is 0 Å². The van der Waals surface area contributed by atoms with Crippen LogP contribution in [0.3, 0.4) is 0 Å². The number of morpholine rings is 1. The zero-order valence-corrected chi connectivity index (χ0v) is 12.2. The third-order valence-corrected chi connectivity index (χ3v) is 3.84. The van der Waals surface area contributed by atoms with Crippen molar-refractivity contribution in [3.8, 4) is 5.75 Å². The Bertz CT molecular complexity index is 529. The predicted molar refractivity (Wildman–Crippen MR) is 80.6 cm³/mol. The van der Waals surface area contributed by atoms with Crippen LogP contribution in [0.2, 0.25) is 0 Å². The van der Waals surface area contributed by atoms with Crippen LogP contribution < -0.4 is 15.4 Å². The van der Waals surface area contributed by atoms with Crippen LogP contribution in [-0.2, 0) is 9.53 Å². The van der Waals surface area contributed by atoms with E-state index in [1.807, 2.05) is 34.9 Å². The molecular weight excluding hydrogens is 270 g/mol. The lowest BCUT2D eigenvalue weighted by Crippen LogP contribution is -2.48. The number of carbonyl (C=O) groups is 1. The minimum absolute atomic E-state index is 0.0387. The van der Waals surface area contributed by atoms with E-state index in [-0.39, 0.29) is 12.0 Å². The molecule has 1 unspecified atom stereocenters. The lowest BCUT2D eigenvalue weighted by molar-refractivity contribution is -0.133. The van der Waals surface area contributed by atoms with Gasteiger partial charge in [-0.05, 0) is 19.1 Å². The molecule has 6 nitrogen and oxygen atoms in total. The van der Waals surface area contributed by atoms with E-state index in [0.717, 1.165) is 11.4 Å². The highest BCUT2D eigenvalue weighted by Gasteiger charge is 2.28. The largest absolute Gasteiger partial charge is 0.487 e. The van der Waals surface area contributed by atoms with Crippen LogP contribution in [0.4, 0.5) is 11.4 Å². The topological polar surface area (TPSA) is 68.0 Å². The molecule has 0 saturated carbocycles. The van der Waals surface area contributed by atoms with Crippen LogP contribution in [0.1, 0.15) is 6.92 Å². The number of nitrogens with two attached hydrogens (primary N) is 1. The van der Waals surface area contributed by atoms with Gasteiger partial charge in [-0.1, -0.05) is 6.07 Å². The Labute approximate surface area is 124 Å². The van der Waals surface area contributed by atoms with Gasteiger partial charge in [0.25, 0.3) is 0 Å². The number of benzene rings is 1. The lowest BCUT2D eigenvalue weighted by atomic mass is 10.1. The summed E-state index contributed by atoms with van der Waals surface area (Å²) in [7, 11) is 0. The van der Waals surface area contributed by atoms with Crippen molar-refractivity contribution in [1.82, 2.24) is 4.90 Å². The maximum Gasteiger partial charge on any atom is 0.242 e. The smallest absolute Gasteiger partial charge is 0.242 e. The lowest BCUT2D eigenvalue weighted by Gasteiger charge is -2.37. The van der Waals surface area contributed by atoms with Crippen molar-refractivity contribution in [3.05, 3.63) is 18.2 Å². The van der Waals surface area contributed by atoms with E-state index in [9.17, 15) is 4.79 Å². The number of hydrogen-bond donors (Lipinski definition) is 1. The molecule has 2 aliphatic heterocycles. The summed E-state index contributed by atoms with van der Waals surface area (Å²) < 4.78 is 11.1. The van der Waals surface area contributed by atoms with E-state index in [0.29, 0.717) is 45.1 Å². The molecule has 6 heteroatoms. The number of ether oxygens (including phenoxy) is 2. The number of nitrogens with zero attached hydrogens (tertiary/aromatic N) is 2. The molecule has 1 aromatic carbocycles. The first kappa shape index (κ1) is 14.0. The number of carbonyl (C=O) groups excluding carboxylic acids is 1. The van der Waals surface area contributed by atoms with E-state index >= 15 is 0 Å². The van der Waals surface area contributed by atoms with Gasteiger partial charge in [-0.15, -0.1) is 0 Å². The maximum absolute atomic E-state index is 12.4. The number of rotatable bonds is 2. The Kier molecular flexibility index (Phi) is 3.88. The average molecular weight is 291 g/mol. The molecule has 1 atom stereocenters. The van der Waals surface area contributed by atoms with Crippen molar-refractivity contribution < 1.29 is 14.3 Å². The van der Waals surface area contributed by atoms with Crippen LogP contribution >= 0.6 is 0 Å². The van der Waals surface area contributed by atoms with Crippen LogP contribution in [0.15, 0.2) is 18.2 Å². The van der Waals surface area contributed by atoms with Gasteiger partial charge in [0.2, 0.25) is 5.91 Å². The van der Waals surface area contributed by atoms with Gasteiger partial charge in [0.05, 0.1) is 32.0 Å². The molecule has 2 heterocycles. The Balaban J connectivity index is 1.78. The summed E-state index contributed by atoms with van der Waals surface area (Å²) in [6.07, 6.45) is 0.0387. The summed E-state index contributed by atoms with van der Waals surface area (Å²) in [5.74, 6) is 0.866. The molecule has 0 bridgehead atoms. The van der Waals surface area contributed by atoms with Crippen LogP contribution in [0.25, 0.3) is 0 Å². The maximum atomic E-state index is 12.4. The first-order valence-electron chi connectivity index (χ1n) is 7.31.